The van der Waals surface area contributed by atoms with Crippen LogP contribution in [0.5, 0.6) is 11.5 Å². The van der Waals surface area contributed by atoms with Crippen LogP contribution in [0.1, 0.15) is 19.3 Å². The van der Waals surface area contributed by atoms with Gasteiger partial charge in [0.15, 0.2) is 12.0 Å². The minimum absolute atomic E-state index is 0.148. The summed E-state index contributed by atoms with van der Waals surface area (Å²) < 4.78 is 18.3. The van der Waals surface area contributed by atoms with Crippen LogP contribution >= 0.6 is 31.9 Å². The fourth-order valence-corrected chi connectivity index (χ4v) is 3.03. The van der Waals surface area contributed by atoms with Crippen LogP contribution in [-0.4, -0.2) is 20.0 Å². The van der Waals surface area contributed by atoms with Gasteiger partial charge in [0.2, 0.25) is 0 Å². The summed E-state index contributed by atoms with van der Waals surface area (Å²) in [6.45, 7) is 0.774. The number of rotatable bonds is 3. The molecule has 1 atom stereocenters. The molecule has 0 bridgehead atoms. The second kappa shape index (κ2) is 6.07. The molecule has 1 fully saturated rings. The summed E-state index contributed by atoms with van der Waals surface area (Å²) in [6.07, 6.45) is 3.05. The van der Waals surface area contributed by atoms with Gasteiger partial charge in [0.05, 0.1) is 22.7 Å². The van der Waals surface area contributed by atoms with Gasteiger partial charge in [-0.1, -0.05) is 0 Å². The van der Waals surface area contributed by atoms with E-state index in [0.29, 0.717) is 0 Å². The van der Waals surface area contributed by atoms with Crippen molar-refractivity contribution in [2.75, 3.05) is 13.7 Å². The summed E-state index contributed by atoms with van der Waals surface area (Å²) in [6, 6.07) is 3.76. The molecule has 1 aliphatic rings. The molecule has 17 heavy (non-hydrogen) atoms. The Morgan fingerprint density at radius 2 is 1.94 bits per heavy atom. The Hall–Kier alpha value is -0.260. The molecule has 0 aliphatic carbocycles. The quantitative estimate of drug-likeness (QED) is 0.806. The Kier molecular flexibility index (Phi) is 4.70. The normalized spacial score (nSPS) is 20.1. The van der Waals surface area contributed by atoms with Gasteiger partial charge in [-0.05, 0) is 56.8 Å². The lowest BCUT2D eigenvalue weighted by atomic mass is 10.2. The van der Waals surface area contributed by atoms with Gasteiger partial charge in [-0.2, -0.15) is 0 Å². The van der Waals surface area contributed by atoms with Gasteiger partial charge in [0.1, 0.15) is 5.75 Å². The van der Waals surface area contributed by atoms with E-state index in [-0.39, 0.29) is 6.29 Å². The van der Waals surface area contributed by atoms with Gasteiger partial charge in [-0.15, -0.1) is 0 Å². The first-order valence-corrected chi connectivity index (χ1v) is 7.10. The lowest BCUT2D eigenvalue weighted by Crippen LogP contribution is -2.25. The molecular weight excluding hydrogens is 352 g/mol. The largest absolute Gasteiger partial charge is 0.497 e. The van der Waals surface area contributed by atoms with Crippen LogP contribution in [0.2, 0.25) is 0 Å². The van der Waals surface area contributed by atoms with Crippen molar-refractivity contribution < 1.29 is 14.2 Å². The van der Waals surface area contributed by atoms with E-state index in [1.807, 2.05) is 12.1 Å². The zero-order valence-corrected chi connectivity index (χ0v) is 12.7. The highest BCUT2D eigenvalue weighted by Gasteiger charge is 2.18. The summed E-state index contributed by atoms with van der Waals surface area (Å²) >= 11 is 6.95. The standard InChI is InChI=1S/C12H14Br2O3/c1-15-8-6-9(13)12(10(14)7-8)17-11-4-2-3-5-16-11/h6-7,11H,2-5H2,1H3/t11-/m0/s1. The van der Waals surface area contributed by atoms with E-state index >= 15 is 0 Å². The molecule has 3 nitrogen and oxygen atoms in total. The number of hydrogen-bond donors (Lipinski definition) is 0. The van der Waals surface area contributed by atoms with Crippen LogP contribution in [0.4, 0.5) is 0 Å². The van der Waals surface area contributed by atoms with Crippen molar-refractivity contribution in [3.63, 3.8) is 0 Å². The van der Waals surface area contributed by atoms with Crippen molar-refractivity contribution in [1.82, 2.24) is 0 Å². The highest BCUT2D eigenvalue weighted by Crippen LogP contribution is 2.38. The third-order valence-corrected chi connectivity index (χ3v) is 3.77. The Bertz CT molecular complexity index is 366. The van der Waals surface area contributed by atoms with E-state index in [9.17, 15) is 0 Å². The van der Waals surface area contributed by atoms with Crippen molar-refractivity contribution in [3.8, 4) is 11.5 Å². The predicted octanol–water partition coefficient (Wildman–Crippen LogP) is 4.13. The van der Waals surface area contributed by atoms with Gasteiger partial charge in [0, 0.05) is 6.42 Å². The molecule has 94 valence electrons. The molecule has 0 saturated carbocycles. The maximum atomic E-state index is 5.84. The van der Waals surface area contributed by atoms with Crippen LogP contribution in [0.25, 0.3) is 0 Å². The molecule has 5 heteroatoms. The molecule has 2 rings (SSSR count). The summed E-state index contributed by atoms with van der Waals surface area (Å²) in [7, 11) is 1.64. The Morgan fingerprint density at radius 3 is 2.47 bits per heavy atom. The SMILES string of the molecule is COc1cc(Br)c(O[C@H]2CCCCO2)c(Br)c1. The van der Waals surface area contributed by atoms with Crippen molar-refractivity contribution in [3.05, 3.63) is 21.1 Å². The molecule has 1 aromatic rings. The molecule has 0 radical (unpaired) electrons. The van der Waals surface area contributed by atoms with E-state index < -0.39 is 0 Å². The molecule has 0 unspecified atom stereocenters. The molecule has 1 saturated heterocycles. The molecule has 0 N–H and O–H groups in total. The van der Waals surface area contributed by atoms with Crippen LogP contribution < -0.4 is 9.47 Å². The van der Waals surface area contributed by atoms with Crippen molar-refractivity contribution in [2.45, 2.75) is 25.6 Å². The van der Waals surface area contributed by atoms with Crippen molar-refractivity contribution in [2.24, 2.45) is 0 Å². The molecule has 1 heterocycles. The Labute approximate surface area is 118 Å². The zero-order chi connectivity index (χ0) is 12.3. The number of halogens is 2. The number of methoxy groups -OCH3 is 1. The van der Waals surface area contributed by atoms with Crippen LogP contribution in [0, 0.1) is 0 Å². The number of hydrogen-bond acceptors (Lipinski definition) is 3. The molecule has 0 amide bonds. The molecule has 1 aliphatic heterocycles. The third kappa shape index (κ3) is 3.36. The predicted molar refractivity (Wildman–Crippen MR) is 72.6 cm³/mol. The Balaban J connectivity index is 2.14. The number of ether oxygens (including phenoxy) is 3. The van der Waals surface area contributed by atoms with Crippen LogP contribution in [-0.2, 0) is 4.74 Å². The summed E-state index contributed by atoms with van der Waals surface area (Å²) in [4.78, 5) is 0. The minimum Gasteiger partial charge on any atom is -0.497 e. The van der Waals surface area contributed by atoms with E-state index in [1.165, 1.54) is 0 Å². The summed E-state index contributed by atoms with van der Waals surface area (Å²) in [5.74, 6) is 1.54. The van der Waals surface area contributed by atoms with Gasteiger partial charge in [0.25, 0.3) is 0 Å². The fraction of sp³-hybridized carbons (Fsp3) is 0.500. The van der Waals surface area contributed by atoms with E-state index in [1.54, 1.807) is 7.11 Å². The van der Waals surface area contributed by atoms with Crippen LogP contribution in [0.15, 0.2) is 21.1 Å². The lowest BCUT2D eigenvalue weighted by Gasteiger charge is -2.24. The van der Waals surface area contributed by atoms with E-state index in [0.717, 1.165) is 46.3 Å². The number of benzene rings is 1. The average Bonchev–Trinajstić information content (AvgIpc) is 2.35. The molecular formula is C12H14Br2O3. The first-order valence-electron chi connectivity index (χ1n) is 5.52. The van der Waals surface area contributed by atoms with Gasteiger partial charge >= 0.3 is 0 Å². The monoisotopic (exact) mass is 364 g/mol. The minimum atomic E-state index is -0.148. The smallest absolute Gasteiger partial charge is 0.199 e. The zero-order valence-electron chi connectivity index (χ0n) is 9.54. The van der Waals surface area contributed by atoms with E-state index in [4.69, 9.17) is 14.2 Å². The maximum absolute atomic E-state index is 5.84. The second-order valence-corrected chi connectivity index (χ2v) is 5.54. The molecule has 0 aromatic heterocycles. The Morgan fingerprint density at radius 1 is 1.24 bits per heavy atom. The molecule has 0 spiro atoms. The average molecular weight is 366 g/mol. The van der Waals surface area contributed by atoms with Crippen molar-refractivity contribution >= 4 is 31.9 Å². The second-order valence-electron chi connectivity index (χ2n) is 3.83. The topological polar surface area (TPSA) is 27.7 Å². The van der Waals surface area contributed by atoms with Crippen LogP contribution in [0.3, 0.4) is 0 Å². The highest BCUT2D eigenvalue weighted by atomic mass is 79.9. The maximum Gasteiger partial charge on any atom is 0.199 e. The first kappa shape index (κ1) is 13.2. The highest BCUT2D eigenvalue weighted by molar-refractivity contribution is 9.11. The first-order chi connectivity index (χ1) is 8.20. The van der Waals surface area contributed by atoms with Gasteiger partial charge in [-0.25, -0.2) is 0 Å². The summed E-state index contributed by atoms with van der Waals surface area (Å²) in [5.41, 5.74) is 0. The lowest BCUT2D eigenvalue weighted by molar-refractivity contribution is -0.106. The van der Waals surface area contributed by atoms with Crippen molar-refractivity contribution in [1.29, 1.82) is 0 Å². The summed E-state index contributed by atoms with van der Waals surface area (Å²) in [5, 5.41) is 0. The van der Waals surface area contributed by atoms with E-state index in [2.05, 4.69) is 31.9 Å². The van der Waals surface area contributed by atoms with Gasteiger partial charge in [-0.3, -0.25) is 0 Å². The fourth-order valence-electron chi connectivity index (χ4n) is 1.70. The molecule has 1 aromatic carbocycles. The van der Waals surface area contributed by atoms with Gasteiger partial charge < -0.3 is 14.2 Å². The third-order valence-electron chi connectivity index (χ3n) is 2.59.